The fourth-order valence-corrected chi connectivity index (χ4v) is 2.44. The zero-order valence-electron chi connectivity index (χ0n) is 14.2. The largest absolute Gasteiger partial charge is 0.457 e. The van der Waals surface area contributed by atoms with Gasteiger partial charge in [0.05, 0.1) is 5.56 Å². The van der Waals surface area contributed by atoms with Crippen LogP contribution in [0.3, 0.4) is 0 Å². The molecule has 0 fully saturated rings. The highest BCUT2D eigenvalue weighted by atomic mass is 16.5. The number of para-hydroxylation sites is 2. The van der Waals surface area contributed by atoms with Crippen LogP contribution in [0.5, 0.6) is 11.5 Å². The average molecular weight is 346 g/mol. The molecule has 26 heavy (non-hydrogen) atoms. The van der Waals surface area contributed by atoms with Crippen molar-refractivity contribution in [2.75, 3.05) is 10.6 Å². The lowest BCUT2D eigenvalue weighted by molar-refractivity contribution is -0.114. The zero-order chi connectivity index (χ0) is 18.4. The zero-order valence-corrected chi connectivity index (χ0v) is 14.2. The van der Waals surface area contributed by atoms with E-state index in [1.54, 1.807) is 42.5 Å². The predicted octanol–water partition coefficient (Wildman–Crippen LogP) is 4.69. The number of hydrogen-bond donors (Lipinski definition) is 2. The van der Waals surface area contributed by atoms with Gasteiger partial charge < -0.3 is 15.4 Å². The Morgan fingerprint density at radius 3 is 2.15 bits per heavy atom. The van der Waals surface area contributed by atoms with E-state index in [0.717, 1.165) is 0 Å². The van der Waals surface area contributed by atoms with Crippen LogP contribution in [0, 0.1) is 0 Å². The number of carbonyl (C=O) groups is 2. The van der Waals surface area contributed by atoms with Crippen molar-refractivity contribution in [3.05, 3.63) is 84.4 Å². The van der Waals surface area contributed by atoms with E-state index in [4.69, 9.17) is 4.74 Å². The molecular weight excluding hydrogens is 328 g/mol. The smallest absolute Gasteiger partial charge is 0.259 e. The van der Waals surface area contributed by atoms with E-state index in [9.17, 15) is 9.59 Å². The van der Waals surface area contributed by atoms with Gasteiger partial charge in [0.2, 0.25) is 5.91 Å². The SMILES string of the molecule is CC(=O)Nc1cccc(NC(=O)c2ccccc2Oc2ccccc2)c1. The third-order valence-electron chi connectivity index (χ3n) is 3.54. The lowest BCUT2D eigenvalue weighted by Gasteiger charge is -2.12. The van der Waals surface area contributed by atoms with Crippen molar-refractivity contribution < 1.29 is 14.3 Å². The number of nitrogens with one attached hydrogen (secondary N) is 2. The minimum atomic E-state index is -0.295. The molecule has 0 aromatic heterocycles. The summed E-state index contributed by atoms with van der Waals surface area (Å²) in [6.07, 6.45) is 0. The fourth-order valence-electron chi connectivity index (χ4n) is 2.44. The first-order valence-electron chi connectivity index (χ1n) is 8.13. The number of benzene rings is 3. The summed E-state index contributed by atoms with van der Waals surface area (Å²) < 4.78 is 5.83. The van der Waals surface area contributed by atoms with E-state index < -0.39 is 0 Å². The summed E-state index contributed by atoms with van der Waals surface area (Å²) in [4.78, 5) is 23.9. The molecule has 5 nitrogen and oxygen atoms in total. The molecule has 0 spiro atoms. The van der Waals surface area contributed by atoms with Crippen LogP contribution in [0.1, 0.15) is 17.3 Å². The molecule has 0 aliphatic rings. The van der Waals surface area contributed by atoms with Gasteiger partial charge in [-0.1, -0.05) is 36.4 Å². The number of hydrogen-bond acceptors (Lipinski definition) is 3. The second-order valence-corrected chi connectivity index (χ2v) is 5.63. The van der Waals surface area contributed by atoms with Crippen molar-refractivity contribution in [1.29, 1.82) is 0 Å². The van der Waals surface area contributed by atoms with Crippen LogP contribution in [-0.2, 0) is 4.79 Å². The topological polar surface area (TPSA) is 67.4 Å². The average Bonchev–Trinajstić information content (AvgIpc) is 2.63. The predicted molar refractivity (Wildman–Crippen MR) is 102 cm³/mol. The van der Waals surface area contributed by atoms with Crippen molar-refractivity contribution >= 4 is 23.2 Å². The van der Waals surface area contributed by atoms with E-state index in [0.29, 0.717) is 28.4 Å². The van der Waals surface area contributed by atoms with Crippen molar-refractivity contribution in [3.63, 3.8) is 0 Å². The molecule has 0 saturated carbocycles. The molecule has 0 heterocycles. The van der Waals surface area contributed by atoms with Gasteiger partial charge >= 0.3 is 0 Å². The van der Waals surface area contributed by atoms with E-state index in [1.807, 2.05) is 36.4 Å². The molecule has 130 valence electrons. The van der Waals surface area contributed by atoms with Gasteiger partial charge in [-0.25, -0.2) is 0 Å². The van der Waals surface area contributed by atoms with E-state index >= 15 is 0 Å². The minimum absolute atomic E-state index is 0.171. The van der Waals surface area contributed by atoms with Gasteiger partial charge in [-0.2, -0.15) is 0 Å². The number of ether oxygens (including phenoxy) is 1. The fraction of sp³-hybridized carbons (Fsp3) is 0.0476. The van der Waals surface area contributed by atoms with E-state index in [-0.39, 0.29) is 11.8 Å². The monoisotopic (exact) mass is 346 g/mol. The maximum atomic E-state index is 12.7. The van der Waals surface area contributed by atoms with Gasteiger partial charge in [0, 0.05) is 18.3 Å². The second kappa shape index (κ2) is 7.98. The Labute approximate surface area is 151 Å². The highest BCUT2D eigenvalue weighted by Gasteiger charge is 2.13. The van der Waals surface area contributed by atoms with E-state index in [1.165, 1.54) is 6.92 Å². The summed E-state index contributed by atoms with van der Waals surface area (Å²) >= 11 is 0. The third-order valence-corrected chi connectivity index (χ3v) is 3.54. The molecular formula is C21H18N2O3. The first-order chi connectivity index (χ1) is 12.6. The van der Waals surface area contributed by atoms with Gasteiger partial charge in [0.15, 0.2) is 0 Å². The Bertz CT molecular complexity index is 923. The molecule has 0 radical (unpaired) electrons. The molecule has 0 aliphatic carbocycles. The summed E-state index contributed by atoms with van der Waals surface area (Å²) in [5, 5.41) is 5.52. The quantitative estimate of drug-likeness (QED) is 0.704. The molecule has 3 rings (SSSR count). The Balaban J connectivity index is 1.79. The van der Waals surface area contributed by atoms with E-state index in [2.05, 4.69) is 10.6 Å². The van der Waals surface area contributed by atoms with Gasteiger partial charge in [0.1, 0.15) is 11.5 Å². The van der Waals surface area contributed by atoms with Crippen molar-refractivity contribution in [1.82, 2.24) is 0 Å². The molecule has 0 saturated heterocycles. The summed E-state index contributed by atoms with van der Waals surface area (Å²) in [6, 6.07) is 23.3. The molecule has 2 N–H and O–H groups in total. The minimum Gasteiger partial charge on any atom is -0.457 e. The number of anilines is 2. The normalized spacial score (nSPS) is 10.0. The van der Waals surface area contributed by atoms with Crippen molar-refractivity contribution in [3.8, 4) is 11.5 Å². The van der Waals surface area contributed by atoms with Gasteiger partial charge in [-0.3, -0.25) is 9.59 Å². The molecule has 0 aliphatic heterocycles. The maximum absolute atomic E-state index is 12.7. The summed E-state index contributed by atoms with van der Waals surface area (Å²) in [7, 11) is 0. The lowest BCUT2D eigenvalue weighted by atomic mass is 10.1. The molecule has 0 atom stereocenters. The molecule has 2 amide bonds. The van der Waals surface area contributed by atoms with Crippen LogP contribution in [0.2, 0.25) is 0 Å². The first-order valence-corrected chi connectivity index (χ1v) is 8.13. The summed E-state index contributed by atoms with van der Waals surface area (Å²) in [5.41, 5.74) is 1.61. The molecule has 3 aromatic carbocycles. The Kier molecular flexibility index (Phi) is 5.29. The van der Waals surface area contributed by atoms with Crippen LogP contribution in [-0.4, -0.2) is 11.8 Å². The van der Waals surface area contributed by atoms with Gasteiger partial charge in [0.25, 0.3) is 5.91 Å². The third kappa shape index (κ3) is 4.48. The first kappa shape index (κ1) is 17.2. The van der Waals surface area contributed by atoms with Crippen LogP contribution >= 0.6 is 0 Å². The molecule has 0 bridgehead atoms. The summed E-state index contributed by atoms with van der Waals surface area (Å²) in [6.45, 7) is 1.43. The van der Waals surface area contributed by atoms with Crippen molar-refractivity contribution in [2.24, 2.45) is 0 Å². The number of rotatable bonds is 5. The maximum Gasteiger partial charge on any atom is 0.259 e. The Hall–Kier alpha value is -3.60. The number of carbonyl (C=O) groups excluding carboxylic acids is 2. The van der Waals surface area contributed by atoms with Gasteiger partial charge in [-0.05, 0) is 42.5 Å². The van der Waals surface area contributed by atoms with Crippen LogP contribution in [0.15, 0.2) is 78.9 Å². The van der Waals surface area contributed by atoms with Crippen LogP contribution < -0.4 is 15.4 Å². The van der Waals surface area contributed by atoms with Crippen LogP contribution in [0.4, 0.5) is 11.4 Å². The highest BCUT2D eigenvalue weighted by molar-refractivity contribution is 6.06. The Morgan fingerprint density at radius 2 is 1.42 bits per heavy atom. The van der Waals surface area contributed by atoms with Gasteiger partial charge in [-0.15, -0.1) is 0 Å². The Morgan fingerprint density at radius 1 is 0.769 bits per heavy atom. The van der Waals surface area contributed by atoms with Crippen molar-refractivity contribution in [2.45, 2.75) is 6.92 Å². The molecule has 3 aromatic rings. The highest BCUT2D eigenvalue weighted by Crippen LogP contribution is 2.26. The summed E-state index contributed by atoms with van der Waals surface area (Å²) in [5.74, 6) is 0.654. The molecule has 5 heteroatoms. The molecule has 0 unspecified atom stereocenters. The standard InChI is InChI=1S/C21H18N2O3/c1-15(24)22-16-8-7-9-17(14-16)23-21(25)19-12-5-6-13-20(19)26-18-10-3-2-4-11-18/h2-14H,1H3,(H,22,24)(H,23,25). The lowest BCUT2D eigenvalue weighted by Crippen LogP contribution is -2.13. The van der Waals surface area contributed by atoms with Crippen LogP contribution in [0.25, 0.3) is 0 Å². The number of amides is 2. The second-order valence-electron chi connectivity index (χ2n) is 5.63.